The molecule has 1 saturated heterocycles. The van der Waals surface area contributed by atoms with Crippen molar-refractivity contribution in [1.82, 2.24) is 14.6 Å². The molecule has 1 fully saturated rings. The van der Waals surface area contributed by atoms with E-state index in [1.807, 2.05) is 6.92 Å². The summed E-state index contributed by atoms with van der Waals surface area (Å²) in [5.74, 6) is 0.141. The fraction of sp³-hybridized carbons (Fsp3) is 0.400. The number of likely N-dealkylation sites (N-methyl/N-ethyl adjacent to an activating group) is 1. The summed E-state index contributed by atoms with van der Waals surface area (Å²) in [6, 6.07) is 11.0. The van der Waals surface area contributed by atoms with E-state index in [0.29, 0.717) is 36.8 Å². The summed E-state index contributed by atoms with van der Waals surface area (Å²) in [5.41, 5.74) is 3.24. The van der Waals surface area contributed by atoms with E-state index in [0.717, 1.165) is 19.3 Å². The summed E-state index contributed by atoms with van der Waals surface area (Å²) in [5, 5.41) is 3.99. The lowest BCUT2D eigenvalue weighted by Crippen LogP contribution is -2.35. The number of nitrogens with one attached hydrogen (secondary N) is 1. The Morgan fingerprint density at radius 2 is 1.81 bits per heavy atom. The predicted molar refractivity (Wildman–Crippen MR) is 136 cm³/mol. The zero-order valence-corrected chi connectivity index (χ0v) is 21.6. The molecule has 0 bridgehead atoms. The van der Waals surface area contributed by atoms with Gasteiger partial charge in [0, 0.05) is 32.7 Å². The van der Waals surface area contributed by atoms with Crippen molar-refractivity contribution in [2.75, 3.05) is 40.4 Å². The van der Waals surface area contributed by atoms with Crippen molar-refractivity contribution in [2.45, 2.75) is 31.1 Å². The van der Waals surface area contributed by atoms with Crippen molar-refractivity contribution in [3.05, 3.63) is 53.6 Å². The normalized spacial score (nSPS) is 14.4. The van der Waals surface area contributed by atoms with E-state index in [4.69, 9.17) is 9.47 Å². The first-order chi connectivity index (χ1) is 17.2. The molecule has 1 N–H and O–H groups in total. The first-order valence-corrected chi connectivity index (χ1v) is 13.2. The summed E-state index contributed by atoms with van der Waals surface area (Å²) in [7, 11) is -0.354. The molecule has 11 heteroatoms. The Bertz CT molecular complexity index is 1210. The minimum atomic E-state index is -3.65. The van der Waals surface area contributed by atoms with Crippen molar-refractivity contribution in [3.8, 4) is 11.5 Å². The van der Waals surface area contributed by atoms with E-state index in [-0.39, 0.29) is 23.0 Å². The van der Waals surface area contributed by atoms with Crippen molar-refractivity contribution in [1.29, 1.82) is 0 Å². The van der Waals surface area contributed by atoms with Crippen LogP contribution in [0.3, 0.4) is 0 Å². The van der Waals surface area contributed by atoms with Crippen LogP contribution in [0.15, 0.2) is 52.5 Å². The van der Waals surface area contributed by atoms with E-state index < -0.39 is 15.9 Å². The molecule has 2 aromatic carbocycles. The Labute approximate surface area is 211 Å². The molecule has 0 saturated carbocycles. The third-order valence-electron chi connectivity index (χ3n) is 5.55. The van der Waals surface area contributed by atoms with Gasteiger partial charge in [0.25, 0.3) is 11.8 Å². The second-order valence-corrected chi connectivity index (χ2v) is 10.3. The maximum absolute atomic E-state index is 12.9. The highest BCUT2D eigenvalue weighted by Crippen LogP contribution is 2.28. The van der Waals surface area contributed by atoms with Crippen LogP contribution in [-0.2, 0) is 14.8 Å². The number of carbonyl (C=O) groups excluding carboxylic acids is 2. The fourth-order valence-corrected chi connectivity index (χ4v) is 5.11. The van der Waals surface area contributed by atoms with E-state index in [1.165, 1.54) is 33.6 Å². The van der Waals surface area contributed by atoms with E-state index >= 15 is 0 Å². The highest BCUT2D eigenvalue weighted by Gasteiger charge is 2.26. The van der Waals surface area contributed by atoms with Gasteiger partial charge in [-0.1, -0.05) is 12.5 Å². The van der Waals surface area contributed by atoms with Crippen molar-refractivity contribution in [2.24, 2.45) is 5.10 Å². The zero-order valence-electron chi connectivity index (χ0n) is 20.8. The molecule has 3 rings (SSSR count). The summed E-state index contributed by atoms with van der Waals surface area (Å²) in [6.07, 6.45) is 4.12. The van der Waals surface area contributed by atoms with Gasteiger partial charge in [-0.15, -0.1) is 0 Å². The maximum atomic E-state index is 12.9. The second kappa shape index (κ2) is 12.5. The Kier molecular flexibility index (Phi) is 9.43. The lowest BCUT2D eigenvalue weighted by atomic mass is 10.2. The van der Waals surface area contributed by atoms with E-state index in [1.54, 1.807) is 38.4 Å². The summed E-state index contributed by atoms with van der Waals surface area (Å²) >= 11 is 0. The maximum Gasteiger partial charge on any atom is 0.271 e. The average Bonchev–Trinajstić information content (AvgIpc) is 2.88. The number of piperidine rings is 1. The molecule has 0 atom stereocenters. The van der Waals surface area contributed by atoms with Crippen molar-refractivity contribution < 1.29 is 27.5 Å². The molecule has 1 heterocycles. The molecule has 36 heavy (non-hydrogen) atoms. The summed E-state index contributed by atoms with van der Waals surface area (Å²) in [6.45, 7) is 3.08. The standard InChI is InChI=1S/C25H32N4O6S/c1-4-34-23-15-19(11-12-22(23)35-18-24(30)28(2)3)17-26-27-25(31)20-9-8-10-21(16-20)36(32,33)29-13-6-5-7-14-29/h8-12,15-17H,4-7,13-14,18H2,1-3H3,(H,27,31)/b26-17+. The minimum Gasteiger partial charge on any atom is -0.490 e. The van der Waals surface area contributed by atoms with Crippen LogP contribution in [0.4, 0.5) is 0 Å². The molecule has 0 aromatic heterocycles. The van der Waals surface area contributed by atoms with Crippen LogP contribution in [0.25, 0.3) is 0 Å². The van der Waals surface area contributed by atoms with Gasteiger partial charge in [0.1, 0.15) is 0 Å². The van der Waals surface area contributed by atoms with Gasteiger partial charge in [0.15, 0.2) is 18.1 Å². The number of benzene rings is 2. The Morgan fingerprint density at radius 3 is 2.50 bits per heavy atom. The third-order valence-corrected chi connectivity index (χ3v) is 7.44. The Balaban J connectivity index is 1.67. The van der Waals surface area contributed by atoms with Crippen LogP contribution in [-0.4, -0.2) is 76.1 Å². The monoisotopic (exact) mass is 516 g/mol. The summed E-state index contributed by atoms with van der Waals surface area (Å²) < 4.78 is 38.5. The van der Waals surface area contributed by atoms with Gasteiger partial charge < -0.3 is 14.4 Å². The van der Waals surface area contributed by atoms with Gasteiger partial charge in [-0.2, -0.15) is 9.41 Å². The summed E-state index contributed by atoms with van der Waals surface area (Å²) in [4.78, 5) is 25.9. The number of carbonyl (C=O) groups is 2. The molecule has 1 aliphatic rings. The highest BCUT2D eigenvalue weighted by atomic mass is 32.2. The lowest BCUT2D eigenvalue weighted by Gasteiger charge is -2.25. The molecule has 2 amide bonds. The molecular weight excluding hydrogens is 484 g/mol. The number of ether oxygens (including phenoxy) is 2. The predicted octanol–water partition coefficient (Wildman–Crippen LogP) is 2.49. The van der Waals surface area contributed by atoms with Gasteiger partial charge in [-0.05, 0) is 61.7 Å². The first kappa shape index (κ1) is 27.2. The second-order valence-electron chi connectivity index (χ2n) is 8.41. The Hall–Kier alpha value is -3.44. The molecule has 10 nitrogen and oxygen atoms in total. The molecule has 0 radical (unpaired) electrons. The number of rotatable bonds is 10. The number of hydrogen-bond donors (Lipinski definition) is 1. The topological polar surface area (TPSA) is 118 Å². The Morgan fingerprint density at radius 1 is 1.06 bits per heavy atom. The largest absolute Gasteiger partial charge is 0.490 e. The van der Waals surface area contributed by atoms with Crippen LogP contribution in [0, 0.1) is 0 Å². The molecule has 2 aromatic rings. The van der Waals surface area contributed by atoms with Crippen LogP contribution in [0.5, 0.6) is 11.5 Å². The minimum absolute atomic E-state index is 0.0886. The van der Waals surface area contributed by atoms with Crippen LogP contribution in [0.2, 0.25) is 0 Å². The zero-order chi connectivity index (χ0) is 26.1. The molecule has 0 aliphatic carbocycles. The van der Waals surface area contributed by atoms with E-state index in [2.05, 4.69) is 10.5 Å². The number of hydrogen-bond acceptors (Lipinski definition) is 7. The van der Waals surface area contributed by atoms with Gasteiger partial charge >= 0.3 is 0 Å². The molecule has 1 aliphatic heterocycles. The molecule has 0 spiro atoms. The van der Waals surface area contributed by atoms with Crippen molar-refractivity contribution in [3.63, 3.8) is 0 Å². The smallest absolute Gasteiger partial charge is 0.271 e. The highest BCUT2D eigenvalue weighted by molar-refractivity contribution is 7.89. The van der Waals surface area contributed by atoms with Crippen molar-refractivity contribution >= 4 is 28.1 Å². The SMILES string of the molecule is CCOc1cc(/C=N/NC(=O)c2cccc(S(=O)(=O)N3CCCCC3)c2)ccc1OCC(=O)N(C)C. The van der Waals surface area contributed by atoms with Crippen LogP contribution in [0.1, 0.15) is 42.1 Å². The fourth-order valence-electron chi connectivity index (χ4n) is 3.54. The van der Waals surface area contributed by atoms with Gasteiger partial charge in [0.2, 0.25) is 10.0 Å². The third kappa shape index (κ3) is 7.05. The number of sulfonamides is 1. The van der Waals surface area contributed by atoms with Gasteiger partial charge in [-0.25, -0.2) is 13.8 Å². The van der Waals surface area contributed by atoms with Gasteiger partial charge in [-0.3, -0.25) is 9.59 Å². The molecular formula is C25H32N4O6S. The van der Waals surface area contributed by atoms with E-state index in [9.17, 15) is 18.0 Å². The van der Waals surface area contributed by atoms with Crippen LogP contribution >= 0.6 is 0 Å². The quantitative estimate of drug-likeness (QED) is 0.383. The number of amides is 2. The first-order valence-electron chi connectivity index (χ1n) is 11.8. The lowest BCUT2D eigenvalue weighted by molar-refractivity contribution is -0.130. The van der Waals surface area contributed by atoms with Gasteiger partial charge in [0.05, 0.1) is 17.7 Å². The number of hydrazone groups is 1. The van der Waals surface area contributed by atoms with Crippen LogP contribution < -0.4 is 14.9 Å². The molecule has 194 valence electrons. The number of nitrogens with zero attached hydrogens (tertiary/aromatic N) is 3. The average molecular weight is 517 g/mol. The molecule has 0 unspecified atom stereocenters.